The second-order valence-electron chi connectivity index (χ2n) is 8.06. The van der Waals surface area contributed by atoms with Crippen molar-refractivity contribution in [3.05, 3.63) is 34.9 Å². The number of carbonyl (C=O) groups is 1. The van der Waals surface area contributed by atoms with Crippen LogP contribution >= 0.6 is 0 Å². The standard InChI is InChI=1S/C24H39N3O2/c1-5-7-9-11-13-19-15-16-21(20(17-19)14-12-10-8-6-2)22-18-25-23(27(22)3)26-24(28)29-4/h15-17,22H,5-14,18H2,1-4H3,(H,25,26,28). The summed E-state index contributed by atoms with van der Waals surface area (Å²) >= 11 is 0. The van der Waals surface area contributed by atoms with Gasteiger partial charge in [-0.15, -0.1) is 0 Å². The van der Waals surface area contributed by atoms with Crippen LogP contribution in [0.15, 0.2) is 23.2 Å². The summed E-state index contributed by atoms with van der Waals surface area (Å²) in [5.41, 5.74) is 4.23. The number of aryl methyl sites for hydroxylation is 2. The number of unbranched alkanes of at least 4 members (excludes halogenated alkanes) is 6. The van der Waals surface area contributed by atoms with E-state index in [1.54, 1.807) is 0 Å². The van der Waals surface area contributed by atoms with E-state index in [0.29, 0.717) is 12.5 Å². The topological polar surface area (TPSA) is 53.9 Å². The molecule has 1 N–H and O–H groups in total. The Morgan fingerprint density at radius 1 is 1.10 bits per heavy atom. The van der Waals surface area contributed by atoms with Crippen LogP contribution in [0.1, 0.15) is 87.9 Å². The van der Waals surface area contributed by atoms with Crippen LogP contribution in [0.25, 0.3) is 0 Å². The van der Waals surface area contributed by atoms with Crippen LogP contribution in [0.3, 0.4) is 0 Å². The number of hydrogen-bond donors (Lipinski definition) is 1. The molecule has 0 bridgehead atoms. The Bertz CT molecular complexity index is 672. The molecule has 0 aliphatic carbocycles. The molecule has 1 aromatic rings. The molecule has 5 nitrogen and oxygen atoms in total. The summed E-state index contributed by atoms with van der Waals surface area (Å²) in [7, 11) is 3.36. The maximum Gasteiger partial charge on any atom is 0.413 e. The van der Waals surface area contributed by atoms with Gasteiger partial charge in [0.05, 0.1) is 19.7 Å². The van der Waals surface area contributed by atoms with Crippen molar-refractivity contribution >= 4 is 12.1 Å². The first-order valence-corrected chi connectivity index (χ1v) is 11.3. The molecule has 0 radical (unpaired) electrons. The number of nitrogens with zero attached hydrogens (tertiary/aromatic N) is 2. The van der Waals surface area contributed by atoms with E-state index in [0.717, 1.165) is 12.8 Å². The fourth-order valence-electron chi connectivity index (χ4n) is 3.99. The van der Waals surface area contributed by atoms with Crippen LogP contribution in [0.5, 0.6) is 0 Å². The van der Waals surface area contributed by atoms with Crippen LogP contribution in [-0.2, 0) is 17.6 Å². The van der Waals surface area contributed by atoms with E-state index in [1.165, 1.54) is 75.2 Å². The summed E-state index contributed by atoms with van der Waals surface area (Å²) < 4.78 is 4.71. The van der Waals surface area contributed by atoms with Crippen molar-refractivity contribution in [3.63, 3.8) is 0 Å². The number of methoxy groups -OCH3 is 1. The highest BCUT2D eigenvalue weighted by molar-refractivity contribution is 5.94. The first-order valence-electron chi connectivity index (χ1n) is 11.3. The summed E-state index contributed by atoms with van der Waals surface area (Å²) in [4.78, 5) is 18.2. The molecule has 2 rings (SSSR count). The lowest BCUT2D eigenvalue weighted by atomic mass is 9.92. The van der Waals surface area contributed by atoms with E-state index in [1.807, 2.05) is 7.05 Å². The molecule has 0 aromatic heterocycles. The fourth-order valence-corrected chi connectivity index (χ4v) is 3.99. The number of benzene rings is 1. The molecule has 1 atom stereocenters. The number of ether oxygens (including phenoxy) is 1. The third-order valence-electron chi connectivity index (χ3n) is 5.80. The number of guanidine groups is 1. The van der Waals surface area contributed by atoms with E-state index >= 15 is 0 Å². The van der Waals surface area contributed by atoms with Crippen molar-refractivity contribution in [1.82, 2.24) is 10.2 Å². The minimum Gasteiger partial charge on any atom is -0.453 e. The number of amides is 1. The van der Waals surface area contributed by atoms with Gasteiger partial charge in [-0.3, -0.25) is 10.3 Å². The number of carbonyl (C=O) groups excluding carboxylic acids is 1. The summed E-state index contributed by atoms with van der Waals surface area (Å²) in [6, 6.07) is 7.17. The van der Waals surface area contributed by atoms with Gasteiger partial charge in [0, 0.05) is 7.05 Å². The first kappa shape index (κ1) is 23.2. The highest BCUT2D eigenvalue weighted by Gasteiger charge is 2.28. The molecule has 29 heavy (non-hydrogen) atoms. The van der Waals surface area contributed by atoms with Gasteiger partial charge in [-0.2, -0.15) is 0 Å². The average molecular weight is 402 g/mol. The fraction of sp³-hybridized carbons (Fsp3) is 0.667. The molecular formula is C24H39N3O2. The lowest BCUT2D eigenvalue weighted by Crippen LogP contribution is -2.40. The van der Waals surface area contributed by atoms with Crippen molar-refractivity contribution in [2.45, 2.75) is 84.1 Å². The molecule has 1 heterocycles. The van der Waals surface area contributed by atoms with Gasteiger partial charge < -0.3 is 9.64 Å². The molecule has 1 aromatic carbocycles. The molecule has 1 unspecified atom stereocenters. The van der Waals surface area contributed by atoms with Crippen LogP contribution in [-0.4, -0.2) is 37.7 Å². The van der Waals surface area contributed by atoms with Gasteiger partial charge in [-0.1, -0.05) is 70.6 Å². The van der Waals surface area contributed by atoms with E-state index in [2.05, 4.69) is 47.3 Å². The van der Waals surface area contributed by atoms with Crippen LogP contribution < -0.4 is 5.32 Å². The van der Waals surface area contributed by atoms with Gasteiger partial charge in [0.25, 0.3) is 0 Å². The normalized spacial score (nSPS) is 16.1. The van der Waals surface area contributed by atoms with Gasteiger partial charge in [0.2, 0.25) is 5.96 Å². The molecule has 0 saturated carbocycles. The third kappa shape index (κ3) is 7.06. The summed E-state index contributed by atoms with van der Waals surface area (Å²) in [5, 5.41) is 2.72. The third-order valence-corrected chi connectivity index (χ3v) is 5.80. The smallest absolute Gasteiger partial charge is 0.413 e. The van der Waals surface area contributed by atoms with E-state index < -0.39 is 6.09 Å². The second-order valence-corrected chi connectivity index (χ2v) is 8.06. The van der Waals surface area contributed by atoms with Crippen LogP contribution in [0.2, 0.25) is 0 Å². The molecular weight excluding hydrogens is 362 g/mol. The van der Waals surface area contributed by atoms with Crippen LogP contribution in [0.4, 0.5) is 4.79 Å². The first-order chi connectivity index (χ1) is 14.1. The number of rotatable bonds is 11. The molecule has 0 saturated heterocycles. The van der Waals surface area contributed by atoms with Gasteiger partial charge in [-0.05, 0) is 42.4 Å². The van der Waals surface area contributed by atoms with Gasteiger partial charge >= 0.3 is 6.09 Å². The molecule has 5 heteroatoms. The monoisotopic (exact) mass is 401 g/mol. The number of alkyl carbamates (subject to hydrolysis) is 1. The van der Waals surface area contributed by atoms with Crippen molar-refractivity contribution in [3.8, 4) is 0 Å². The predicted octanol–water partition coefficient (Wildman–Crippen LogP) is 5.63. The largest absolute Gasteiger partial charge is 0.453 e. The van der Waals surface area contributed by atoms with E-state index in [-0.39, 0.29) is 6.04 Å². The van der Waals surface area contributed by atoms with Crippen molar-refractivity contribution in [2.24, 2.45) is 4.99 Å². The highest BCUT2D eigenvalue weighted by Crippen LogP contribution is 2.29. The summed E-state index contributed by atoms with van der Waals surface area (Å²) in [6.45, 7) is 5.17. The molecule has 0 spiro atoms. The quantitative estimate of drug-likeness (QED) is 0.489. The number of nitrogens with one attached hydrogen (secondary N) is 1. The Hall–Kier alpha value is -2.04. The number of likely N-dealkylation sites (N-methyl/N-ethyl adjacent to an activating group) is 1. The lowest BCUT2D eigenvalue weighted by Gasteiger charge is -2.26. The Labute approximate surface area is 176 Å². The Morgan fingerprint density at radius 2 is 1.79 bits per heavy atom. The predicted molar refractivity (Wildman–Crippen MR) is 120 cm³/mol. The zero-order valence-electron chi connectivity index (χ0n) is 18.8. The maximum atomic E-state index is 11.6. The Kier molecular flexibility index (Phi) is 10.0. The zero-order chi connectivity index (χ0) is 21.1. The minimum atomic E-state index is -0.474. The van der Waals surface area contributed by atoms with Gasteiger partial charge in [0.15, 0.2) is 0 Å². The molecule has 1 aliphatic heterocycles. The van der Waals surface area contributed by atoms with Crippen LogP contribution in [0, 0.1) is 0 Å². The van der Waals surface area contributed by atoms with E-state index in [4.69, 9.17) is 4.74 Å². The maximum absolute atomic E-state index is 11.6. The lowest BCUT2D eigenvalue weighted by molar-refractivity contribution is 0.175. The zero-order valence-corrected chi connectivity index (χ0v) is 18.8. The van der Waals surface area contributed by atoms with Gasteiger partial charge in [0.1, 0.15) is 0 Å². The van der Waals surface area contributed by atoms with E-state index in [9.17, 15) is 4.79 Å². The second kappa shape index (κ2) is 12.5. The molecule has 162 valence electrons. The molecule has 0 fully saturated rings. The number of hydrogen-bond acceptors (Lipinski definition) is 4. The van der Waals surface area contributed by atoms with Crippen molar-refractivity contribution in [2.75, 3.05) is 20.7 Å². The minimum absolute atomic E-state index is 0.164. The Balaban J connectivity index is 2.11. The van der Waals surface area contributed by atoms with Crippen molar-refractivity contribution < 1.29 is 9.53 Å². The summed E-state index contributed by atoms with van der Waals surface area (Å²) in [5.74, 6) is 0.586. The molecule has 1 aliphatic rings. The SMILES string of the molecule is CCCCCCc1ccc(C2CN=C(NC(=O)OC)N2C)c(CCCCCC)c1. The highest BCUT2D eigenvalue weighted by atomic mass is 16.5. The van der Waals surface area contributed by atoms with Gasteiger partial charge in [-0.25, -0.2) is 4.79 Å². The number of aliphatic imine (C=N–C) groups is 1. The molecule has 1 amide bonds. The Morgan fingerprint density at radius 3 is 2.45 bits per heavy atom. The summed E-state index contributed by atoms with van der Waals surface area (Å²) in [6.07, 6.45) is 12.0. The van der Waals surface area contributed by atoms with Crippen molar-refractivity contribution in [1.29, 1.82) is 0 Å². The average Bonchev–Trinajstić information content (AvgIpc) is 3.08.